The van der Waals surface area contributed by atoms with Gasteiger partial charge in [-0.05, 0) is 26.0 Å². The van der Waals surface area contributed by atoms with Crippen molar-refractivity contribution in [1.82, 2.24) is 0 Å². The summed E-state index contributed by atoms with van der Waals surface area (Å²) in [4.78, 5) is 0. The largest absolute Gasteiger partial charge is 0.493 e. The molecule has 1 saturated heterocycles. The topological polar surface area (TPSA) is 36.9 Å². The summed E-state index contributed by atoms with van der Waals surface area (Å²) in [5, 5.41) is 0. The van der Waals surface area contributed by atoms with Gasteiger partial charge in [-0.15, -0.1) is 11.6 Å². The zero-order chi connectivity index (χ0) is 14.1. The van der Waals surface area contributed by atoms with Gasteiger partial charge in [0.1, 0.15) is 17.6 Å². The summed E-state index contributed by atoms with van der Waals surface area (Å²) < 4.78 is 23.0. The fraction of sp³-hybridized carbons (Fsp3) is 0.600. The molecule has 4 nitrogen and oxygen atoms in total. The monoisotopic (exact) mass is 298 g/mol. The average Bonchev–Trinajstić information content (AvgIpc) is 3.03. The maximum absolute atomic E-state index is 5.81. The van der Waals surface area contributed by atoms with Gasteiger partial charge in [0.2, 0.25) is 0 Å². The fourth-order valence-electron chi connectivity index (χ4n) is 2.61. The first kappa shape index (κ1) is 14.0. The van der Waals surface area contributed by atoms with Crippen LogP contribution in [0.3, 0.4) is 0 Å². The lowest BCUT2D eigenvalue weighted by Gasteiger charge is -2.17. The first-order valence-electron chi connectivity index (χ1n) is 7.00. The van der Waals surface area contributed by atoms with E-state index in [2.05, 4.69) is 6.92 Å². The Bertz CT molecular complexity index is 491. The Kier molecular flexibility index (Phi) is 4.06. The van der Waals surface area contributed by atoms with Crippen molar-refractivity contribution in [3.8, 4) is 11.5 Å². The minimum Gasteiger partial charge on any atom is -0.493 e. The Morgan fingerprint density at radius 1 is 1.40 bits per heavy atom. The van der Waals surface area contributed by atoms with E-state index < -0.39 is 6.29 Å². The molecule has 1 aromatic rings. The molecule has 3 unspecified atom stereocenters. The van der Waals surface area contributed by atoms with Gasteiger partial charge < -0.3 is 18.9 Å². The van der Waals surface area contributed by atoms with Gasteiger partial charge >= 0.3 is 0 Å². The Morgan fingerprint density at radius 2 is 2.25 bits per heavy atom. The van der Waals surface area contributed by atoms with Gasteiger partial charge in [0.15, 0.2) is 6.29 Å². The van der Waals surface area contributed by atoms with Crippen LogP contribution < -0.4 is 9.47 Å². The van der Waals surface area contributed by atoms with Crippen molar-refractivity contribution < 1.29 is 18.9 Å². The highest BCUT2D eigenvalue weighted by molar-refractivity contribution is 6.18. The van der Waals surface area contributed by atoms with Gasteiger partial charge in [-0.1, -0.05) is 0 Å². The van der Waals surface area contributed by atoms with E-state index >= 15 is 0 Å². The SMILES string of the molecule is CCOc1cc2c(cc1C1OCC(CCl)O1)OC(C)C2. The van der Waals surface area contributed by atoms with Crippen LogP contribution in [0, 0.1) is 0 Å². The summed E-state index contributed by atoms with van der Waals surface area (Å²) in [6.45, 7) is 5.14. The molecule has 1 fully saturated rings. The summed E-state index contributed by atoms with van der Waals surface area (Å²) in [6, 6.07) is 4.02. The first-order valence-corrected chi connectivity index (χ1v) is 7.54. The third kappa shape index (κ3) is 2.60. The number of rotatable bonds is 4. The van der Waals surface area contributed by atoms with Gasteiger partial charge in [-0.2, -0.15) is 0 Å². The Hall–Kier alpha value is -0.970. The molecule has 0 radical (unpaired) electrons. The van der Waals surface area contributed by atoms with Crippen LogP contribution in [0.5, 0.6) is 11.5 Å². The number of alkyl halides is 1. The number of benzene rings is 1. The van der Waals surface area contributed by atoms with E-state index in [9.17, 15) is 0 Å². The third-order valence-electron chi connectivity index (χ3n) is 3.50. The molecule has 0 aliphatic carbocycles. The second-order valence-electron chi connectivity index (χ2n) is 5.14. The van der Waals surface area contributed by atoms with Crippen LogP contribution in [0.2, 0.25) is 0 Å². The standard InChI is InChI=1S/C15H19ClO4/c1-3-17-14-5-10-4-9(2)19-13(10)6-12(14)15-18-8-11(7-16)20-15/h5-6,9,11,15H,3-4,7-8H2,1-2H3. The molecular weight excluding hydrogens is 280 g/mol. The highest BCUT2D eigenvalue weighted by atomic mass is 35.5. The summed E-state index contributed by atoms with van der Waals surface area (Å²) >= 11 is 5.81. The van der Waals surface area contributed by atoms with E-state index in [1.807, 2.05) is 19.1 Å². The molecule has 0 N–H and O–H groups in total. The van der Waals surface area contributed by atoms with Gasteiger partial charge in [0.25, 0.3) is 0 Å². The zero-order valence-corrected chi connectivity index (χ0v) is 12.5. The van der Waals surface area contributed by atoms with Crippen LogP contribution in [0.25, 0.3) is 0 Å². The lowest BCUT2D eigenvalue weighted by atomic mass is 10.1. The zero-order valence-electron chi connectivity index (χ0n) is 11.7. The van der Waals surface area contributed by atoms with Crippen LogP contribution >= 0.6 is 11.6 Å². The molecule has 110 valence electrons. The maximum Gasteiger partial charge on any atom is 0.188 e. The third-order valence-corrected chi connectivity index (χ3v) is 3.85. The molecule has 0 spiro atoms. The minimum absolute atomic E-state index is 0.0655. The van der Waals surface area contributed by atoms with E-state index in [1.165, 1.54) is 5.56 Å². The molecule has 3 rings (SSSR count). The van der Waals surface area contributed by atoms with Crippen molar-refractivity contribution in [1.29, 1.82) is 0 Å². The summed E-state index contributed by atoms with van der Waals surface area (Å²) in [5.74, 6) is 2.14. The summed E-state index contributed by atoms with van der Waals surface area (Å²) in [6.07, 6.45) is 0.622. The highest BCUT2D eigenvalue weighted by Gasteiger charge is 2.31. The second kappa shape index (κ2) is 5.80. The summed E-state index contributed by atoms with van der Waals surface area (Å²) in [7, 11) is 0. The van der Waals surface area contributed by atoms with E-state index in [0.29, 0.717) is 19.1 Å². The van der Waals surface area contributed by atoms with E-state index in [0.717, 1.165) is 23.5 Å². The smallest absolute Gasteiger partial charge is 0.188 e. The molecule has 0 saturated carbocycles. The van der Waals surface area contributed by atoms with Crippen molar-refractivity contribution in [3.05, 3.63) is 23.3 Å². The van der Waals surface area contributed by atoms with Gasteiger partial charge in [-0.3, -0.25) is 0 Å². The van der Waals surface area contributed by atoms with E-state index in [4.69, 9.17) is 30.5 Å². The van der Waals surface area contributed by atoms with Gasteiger partial charge in [0, 0.05) is 12.0 Å². The van der Waals surface area contributed by atoms with Crippen molar-refractivity contribution in [2.24, 2.45) is 0 Å². The second-order valence-corrected chi connectivity index (χ2v) is 5.45. The summed E-state index contributed by atoms with van der Waals surface area (Å²) in [5.41, 5.74) is 2.06. The van der Waals surface area contributed by atoms with Crippen LogP contribution in [-0.4, -0.2) is 31.3 Å². The molecular formula is C15H19ClO4. The average molecular weight is 299 g/mol. The molecule has 0 amide bonds. The van der Waals surface area contributed by atoms with Crippen molar-refractivity contribution in [2.45, 2.75) is 38.8 Å². The predicted molar refractivity (Wildman–Crippen MR) is 75.7 cm³/mol. The van der Waals surface area contributed by atoms with E-state index in [1.54, 1.807) is 0 Å². The van der Waals surface area contributed by atoms with Crippen molar-refractivity contribution in [3.63, 3.8) is 0 Å². The quantitative estimate of drug-likeness (QED) is 0.801. The van der Waals surface area contributed by atoms with Gasteiger partial charge in [-0.25, -0.2) is 0 Å². The number of ether oxygens (including phenoxy) is 4. The molecule has 2 aliphatic heterocycles. The number of halogens is 1. The Balaban J connectivity index is 1.91. The normalized spacial score (nSPS) is 28.2. The van der Waals surface area contributed by atoms with Crippen LogP contribution in [0.1, 0.15) is 31.3 Å². The molecule has 5 heteroatoms. The van der Waals surface area contributed by atoms with Crippen LogP contribution in [0.4, 0.5) is 0 Å². The lowest BCUT2D eigenvalue weighted by molar-refractivity contribution is -0.0582. The lowest BCUT2D eigenvalue weighted by Crippen LogP contribution is -2.11. The fourth-order valence-corrected chi connectivity index (χ4v) is 2.77. The Morgan fingerprint density at radius 3 is 2.95 bits per heavy atom. The van der Waals surface area contributed by atoms with Crippen LogP contribution in [0.15, 0.2) is 12.1 Å². The van der Waals surface area contributed by atoms with E-state index in [-0.39, 0.29) is 12.2 Å². The molecule has 1 aromatic carbocycles. The van der Waals surface area contributed by atoms with Gasteiger partial charge in [0.05, 0.1) is 30.8 Å². The highest BCUT2D eigenvalue weighted by Crippen LogP contribution is 2.40. The predicted octanol–water partition coefficient (Wildman–Crippen LogP) is 3.06. The molecule has 2 heterocycles. The Labute approximate surface area is 123 Å². The van der Waals surface area contributed by atoms with Crippen molar-refractivity contribution >= 4 is 11.6 Å². The minimum atomic E-state index is -0.426. The number of hydrogen-bond donors (Lipinski definition) is 0. The maximum atomic E-state index is 5.81. The molecule has 2 aliphatic rings. The number of hydrogen-bond acceptors (Lipinski definition) is 4. The van der Waals surface area contributed by atoms with Crippen LogP contribution in [-0.2, 0) is 15.9 Å². The molecule has 0 bridgehead atoms. The first-order chi connectivity index (χ1) is 9.71. The molecule has 20 heavy (non-hydrogen) atoms. The number of fused-ring (bicyclic) bond motifs is 1. The van der Waals surface area contributed by atoms with Crippen molar-refractivity contribution in [2.75, 3.05) is 19.1 Å². The molecule has 0 aromatic heterocycles. The molecule has 3 atom stereocenters.